The number of aromatic nitrogens is 1. The molecule has 12 heteroatoms. The SMILES string of the molecule is CC(O)C1C(=O)N2C(C(=O)O)=C(/C=C/CSc3nc4cc(CC[N+]56CC[N+](CC(N)=O)(CC5)CC6)ccc4s3)[C@H](C)C12. The Morgan fingerprint density at radius 1 is 1.21 bits per heavy atom. The molecule has 1 aromatic carbocycles. The van der Waals surface area contributed by atoms with E-state index in [-0.39, 0.29) is 29.5 Å². The molecule has 5 aliphatic rings. The van der Waals surface area contributed by atoms with Crippen LogP contribution in [-0.2, 0) is 20.8 Å². The highest BCUT2D eigenvalue weighted by molar-refractivity contribution is 8.01. The van der Waals surface area contributed by atoms with Gasteiger partial charge in [-0.3, -0.25) is 9.59 Å². The second-order valence-electron chi connectivity index (χ2n) is 12.5. The van der Waals surface area contributed by atoms with Crippen LogP contribution >= 0.6 is 23.1 Å². The first-order valence-electron chi connectivity index (χ1n) is 14.7. The number of aliphatic carboxylic acids is 1. The molecule has 2 bridgehead atoms. The molecule has 3 unspecified atom stereocenters. The molecule has 0 radical (unpaired) electrons. The van der Waals surface area contributed by atoms with Gasteiger partial charge in [-0.1, -0.05) is 36.9 Å². The fourth-order valence-corrected chi connectivity index (χ4v) is 9.37. The van der Waals surface area contributed by atoms with Crippen LogP contribution in [-0.4, -0.2) is 117 Å². The second kappa shape index (κ2) is 11.1. The average molecular weight is 614 g/mol. The first-order valence-corrected chi connectivity index (χ1v) is 16.5. The molecule has 2 aromatic rings. The summed E-state index contributed by atoms with van der Waals surface area (Å²) in [6, 6.07) is 6.27. The number of hydrogen-bond donors (Lipinski definition) is 3. The summed E-state index contributed by atoms with van der Waals surface area (Å²) < 4.78 is 4.11. The number of aliphatic hydroxyl groups excluding tert-OH is 1. The molecule has 4 atom stereocenters. The number of piperazine rings is 3. The molecule has 1 aromatic heterocycles. The maximum absolute atomic E-state index is 12.5. The van der Waals surface area contributed by atoms with E-state index in [9.17, 15) is 24.6 Å². The molecule has 10 nitrogen and oxygen atoms in total. The van der Waals surface area contributed by atoms with Gasteiger partial charge in [0.05, 0.1) is 34.8 Å². The number of nitrogens with two attached hydrogens (primary N) is 1. The van der Waals surface area contributed by atoms with Crippen LogP contribution in [0.2, 0.25) is 0 Å². The number of amides is 2. The van der Waals surface area contributed by atoms with E-state index in [2.05, 4.69) is 18.2 Å². The summed E-state index contributed by atoms with van der Waals surface area (Å²) in [6.07, 6.45) is 3.96. The molecule has 6 heterocycles. The van der Waals surface area contributed by atoms with Gasteiger partial charge < -0.3 is 29.8 Å². The van der Waals surface area contributed by atoms with Gasteiger partial charge in [-0.25, -0.2) is 9.78 Å². The lowest BCUT2D eigenvalue weighted by Gasteiger charge is -2.55. The van der Waals surface area contributed by atoms with Gasteiger partial charge in [0.25, 0.3) is 5.91 Å². The number of thioether (sulfide) groups is 1. The number of primary amides is 1. The zero-order chi connectivity index (χ0) is 29.8. The highest BCUT2D eigenvalue weighted by Crippen LogP contribution is 2.47. The lowest BCUT2D eigenvalue weighted by Crippen LogP contribution is -2.76. The van der Waals surface area contributed by atoms with Crippen LogP contribution in [0.15, 0.2) is 46.0 Å². The van der Waals surface area contributed by atoms with Gasteiger partial charge in [0, 0.05) is 18.1 Å². The predicted molar refractivity (Wildman–Crippen MR) is 161 cm³/mol. The summed E-state index contributed by atoms with van der Waals surface area (Å²) in [5.41, 5.74) is 8.48. The molecule has 4 saturated heterocycles. The average Bonchev–Trinajstić information content (AvgIpc) is 3.46. The Morgan fingerprint density at radius 2 is 1.90 bits per heavy atom. The van der Waals surface area contributed by atoms with Crippen molar-refractivity contribution in [2.45, 2.75) is 36.8 Å². The molecule has 0 aliphatic carbocycles. The molecule has 5 aliphatic heterocycles. The Morgan fingerprint density at radius 3 is 2.55 bits per heavy atom. The Kier molecular flexibility index (Phi) is 7.72. The predicted octanol–water partition coefficient (Wildman–Crippen LogP) is 1.83. The third-order valence-electron chi connectivity index (χ3n) is 9.97. The van der Waals surface area contributed by atoms with Crippen LogP contribution in [0, 0.1) is 11.8 Å². The molecule has 4 fully saturated rings. The minimum atomic E-state index is -1.11. The van der Waals surface area contributed by atoms with E-state index in [1.54, 1.807) is 30.0 Å². The van der Waals surface area contributed by atoms with Crippen molar-refractivity contribution in [2.75, 3.05) is 58.1 Å². The van der Waals surface area contributed by atoms with Crippen molar-refractivity contribution in [3.05, 3.63) is 47.2 Å². The quantitative estimate of drug-likeness (QED) is 0.200. The van der Waals surface area contributed by atoms with Crippen molar-refractivity contribution in [3.63, 3.8) is 0 Å². The topological polar surface area (TPSA) is 134 Å². The van der Waals surface area contributed by atoms with Gasteiger partial charge in [-0.05, 0) is 30.2 Å². The standard InChI is InChI=1S/C30H37N5O5S2/c1-18-21(27(29(39)40)33-26(18)25(19(2)36)28(33)38)4-3-15-41-30-32-22-16-20(5-6-23(22)42-30)7-8-34-9-12-35(13-10-34,14-11-34)17-24(31)37/h3-6,16,18-19,25-26,36H,7-15,17H2,1-2H3,(H-2,31,37,39,40)/p+2/b4-3+/t18-,19?,25?,26?,34?,35?/m0/s1. The molecule has 4 N–H and O–H groups in total. The van der Waals surface area contributed by atoms with Crippen LogP contribution in [0.4, 0.5) is 0 Å². The van der Waals surface area contributed by atoms with Crippen LogP contribution in [0.5, 0.6) is 0 Å². The van der Waals surface area contributed by atoms with E-state index in [1.807, 2.05) is 19.1 Å². The Bertz CT molecular complexity index is 1480. The number of thiazole rings is 1. The smallest absolute Gasteiger partial charge is 0.352 e. The monoisotopic (exact) mass is 613 g/mol. The number of carbonyl (C=O) groups is 3. The first kappa shape index (κ1) is 29.3. The summed E-state index contributed by atoms with van der Waals surface area (Å²) in [5.74, 6) is -1.71. The number of fused-ring (bicyclic) bond motifs is 5. The van der Waals surface area contributed by atoms with Crippen LogP contribution in [0.1, 0.15) is 19.4 Å². The van der Waals surface area contributed by atoms with E-state index in [0.717, 1.165) is 75.8 Å². The van der Waals surface area contributed by atoms with Gasteiger partial charge >= 0.3 is 5.97 Å². The lowest BCUT2D eigenvalue weighted by molar-refractivity contribution is -1.08. The van der Waals surface area contributed by atoms with Gasteiger partial charge in [0.15, 0.2) is 10.9 Å². The highest BCUT2D eigenvalue weighted by Gasteiger charge is 2.59. The zero-order valence-corrected chi connectivity index (χ0v) is 25.7. The number of carboxylic acids is 1. The summed E-state index contributed by atoms with van der Waals surface area (Å²) in [7, 11) is 0. The van der Waals surface area contributed by atoms with E-state index in [1.165, 1.54) is 10.5 Å². The van der Waals surface area contributed by atoms with Crippen molar-refractivity contribution in [3.8, 4) is 0 Å². The number of quaternary nitrogens is 2. The van der Waals surface area contributed by atoms with E-state index in [0.29, 0.717) is 17.9 Å². The van der Waals surface area contributed by atoms with Crippen molar-refractivity contribution >= 4 is 51.1 Å². The number of benzene rings is 1. The summed E-state index contributed by atoms with van der Waals surface area (Å²) in [5, 5.41) is 19.8. The van der Waals surface area contributed by atoms with Gasteiger partial charge in [-0.15, -0.1) is 11.3 Å². The molecular formula is C30H39N5O5S2+2. The van der Waals surface area contributed by atoms with E-state index in [4.69, 9.17) is 10.7 Å². The van der Waals surface area contributed by atoms with Gasteiger partial charge in [0.2, 0.25) is 5.91 Å². The van der Waals surface area contributed by atoms with Crippen LogP contribution in [0.3, 0.4) is 0 Å². The van der Waals surface area contributed by atoms with Crippen molar-refractivity contribution in [2.24, 2.45) is 17.6 Å². The van der Waals surface area contributed by atoms with Gasteiger partial charge in [-0.2, -0.15) is 0 Å². The Balaban J connectivity index is 1.06. The number of aliphatic hydroxyl groups is 1. The number of allylic oxidation sites excluding steroid dienone is 1. The maximum Gasteiger partial charge on any atom is 0.352 e. The number of rotatable bonds is 11. The minimum absolute atomic E-state index is 0.0341. The minimum Gasteiger partial charge on any atom is -0.477 e. The number of β-lactam (4-membered cyclic amide) rings is 1. The lowest BCUT2D eigenvalue weighted by atomic mass is 9.78. The van der Waals surface area contributed by atoms with Crippen LogP contribution in [0.25, 0.3) is 10.2 Å². The van der Waals surface area contributed by atoms with Crippen molar-refractivity contribution in [1.82, 2.24) is 9.88 Å². The highest BCUT2D eigenvalue weighted by atomic mass is 32.2. The normalized spacial score (nSPS) is 31.2. The zero-order valence-electron chi connectivity index (χ0n) is 24.1. The van der Waals surface area contributed by atoms with Crippen molar-refractivity contribution < 1.29 is 33.6 Å². The fourth-order valence-electron chi connectivity index (χ4n) is 7.49. The number of hydrogen-bond acceptors (Lipinski definition) is 7. The molecule has 42 heavy (non-hydrogen) atoms. The van der Waals surface area contributed by atoms with Crippen LogP contribution < -0.4 is 5.73 Å². The van der Waals surface area contributed by atoms with Gasteiger partial charge in [0.1, 0.15) is 45.0 Å². The largest absolute Gasteiger partial charge is 0.477 e. The second-order valence-corrected chi connectivity index (χ2v) is 14.8. The molecule has 7 rings (SSSR count). The number of nitrogens with zero attached hydrogens (tertiary/aromatic N) is 4. The van der Waals surface area contributed by atoms with E-state index >= 15 is 0 Å². The summed E-state index contributed by atoms with van der Waals surface area (Å²) in [6.45, 7) is 11.5. The Labute approximate surface area is 253 Å². The number of carboxylic acid groups (broad SMARTS) is 1. The number of carbonyl (C=O) groups excluding carboxylic acids is 2. The first-order chi connectivity index (χ1) is 20.0. The molecule has 0 spiro atoms. The maximum atomic E-state index is 12.5. The van der Waals surface area contributed by atoms with Crippen molar-refractivity contribution in [1.29, 1.82) is 0 Å². The molecule has 2 amide bonds. The molecule has 0 saturated carbocycles. The third kappa shape index (κ3) is 5.17. The summed E-state index contributed by atoms with van der Waals surface area (Å²) >= 11 is 3.27. The third-order valence-corrected chi connectivity index (χ3v) is 12.1. The molecular weight excluding hydrogens is 574 g/mol. The van der Waals surface area contributed by atoms with E-state index < -0.39 is 18.0 Å². The summed E-state index contributed by atoms with van der Waals surface area (Å²) in [4.78, 5) is 42.3. The Hall–Kier alpha value is -2.77. The molecule has 224 valence electrons. The fraction of sp³-hybridized carbons (Fsp3) is 0.533.